The van der Waals surface area contributed by atoms with Gasteiger partial charge >= 0.3 is 5.97 Å². The van der Waals surface area contributed by atoms with Crippen molar-refractivity contribution in [3.05, 3.63) is 90.5 Å². The van der Waals surface area contributed by atoms with Crippen molar-refractivity contribution >= 4 is 40.6 Å². The van der Waals surface area contributed by atoms with E-state index in [0.29, 0.717) is 34.1 Å². The number of carbonyl (C=O) groups is 3. The minimum absolute atomic E-state index is 0.232. The molecule has 2 unspecified atom stereocenters. The molecule has 2 aliphatic heterocycles. The summed E-state index contributed by atoms with van der Waals surface area (Å²) in [5.41, 5.74) is 3.01. The van der Waals surface area contributed by atoms with Crippen LogP contribution in [0, 0.1) is 11.8 Å². The van der Waals surface area contributed by atoms with Crippen LogP contribution in [0.2, 0.25) is 0 Å². The van der Waals surface area contributed by atoms with Crippen molar-refractivity contribution in [2.75, 3.05) is 23.2 Å². The Bertz CT molecular complexity index is 1390. The van der Waals surface area contributed by atoms with Gasteiger partial charge in [0.05, 0.1) is 29.8 Å². The highest BCUT2D eigenvalue weighted by Gasteiger charge is 2.50. The highest BCUT2D eigenvalue weighted by molar-refractivity contribution is 6.19. The van der Waals surface area contributed by atoms with Crippen molar-refractivity contribution in [3.63, 3.8) is 0 Å². The van der Waals surface area contributed by atoms with Crippen LogP contribution in [-0.4, -0.2) is 42.4 Å². The lowest BCUT2D eigenvalue weighted by molar-refractivity contribution is -0.145. The maximum Gasteiger partial charge on any atom is 0.344 e. The van der Waals surface area contributed by atoms with Crippen LogP contribution < -0.4 is 14.8 Å². The molecule has 0 bridgehead atoms. The summed E-state index contributed by atoms with van der Waals surface area (Å²) in [6.45, 7) is 5.24. The second-order valence-electron chi connectivity index (χ2n) is 9.57. The van der Waals surface area contributed by atoms with Crippen LogP contribution in [0.5, 0.6) is 5.75 Å². The molecular weight excluding hydrogens is 508 g/mol. The molecule has 9 heteroatoms. The lowest BCUT2D eigenvalue weighted by Gasteiger charge is -2.30. The van der Waals surface area contributed by atoms with Crippen molar-refractivity contribution < 1.29 is 23.9 Å². The smallest absolute Gasteiger partial charge is 0.344 e. The summed E-state index contributed by atoms with van der Waals surface area (Å²) in [7, 11) is 0. The molecule has 0 saturated carbocycles. The highest BCUT2D eigenvalue weighted by Crippen LogP contribution is 2.45. The molecule has 0 fully saturated rings. The third kappa shape index (κ3) is 5.10. The molecule has 40 heavy (non-hydrogen) atoms. The number of benzene rings is 3. The number of hydrogen-bond acceptors (Lipinski definition) is 7. The van der Waals surface area contributed by atoms with E-state index in [1.165, 1.54) is 10.0 Å². The van der Waals surface area contributed by atoms with Gasteiger partial charge in [-0.2, -0.15) is 10.2 Å². The van der Waals surface area contributed by atoms with Crippen LogP contribution in [0.15, 0.2) is 95.1 Å². The van der Waals surface area contributed by atoms with Gasteiger partial charge in [0.2, 0.25) is 0 Å². The quantitative estimate of drug-likeness (QED) is 0.365. The number of carbonyl (C=O) groups excluding carboxylic acids is 3. The van der Waals surface area contributed by atoms with Crippen molar-refractivity contribution in [1.29, 1.82) is 0 Å². The fraction of sp³-hybridized carbons (Fsp3) is 0.258. The Morgan fingerprint density at radius 1 is 0.775 bits per heavy atom. The number of amides is 2. The van der Waals surface area contributed by atoms with Crippen molar-refractivity contribution in [2.24, 2.45) is 22.0 Å². The molecule has 5 rings (SSSR count). The zero-order valence-corrected chi connectivity index (χ0v) is 22.6. The molecule has 3 aromatic rings. The summed E-state index contributed by atoms with van der Waals surface area (Å²) in [5.74, 6) is -2.89. The van der Waals surface area contributed by atoms with Crippen LogP contribution in [0.25, 0.3) is 0 Å². The van der Waals surface area contributed by atoms with Crippen molar-refractivity contribution in [1.82, 2.24) is 0 Å². The standard InChI is InChI=1S/C31H30N4O5/c1-4-39-26(36)19-40-25-18-12-11-17-24(25)29(27-20(2)32-34(30(27)37)22-13-7-5-8-14-22)28-21(3)33-35(31(28)38)23-15-9-6-10-16-23/h5-18,27-29H,4,19H2,1-3H3. The molecule has 2 amide bonds. The number of para-hydroxylation sites is 3. The van der Waals surface area contributed by atoms with Crippen molar-refractivity contribution in [3.8, 4) is 5.75 Å². The third-order valence-electron chi connectivity index (χ3n) is 7.01. The van der Waals surface area contributed by atoms with Crippen LogP contribution in [0.3, 0.4) is 0 Å². The first kappa shape index (κ1) is 26.8. The van der Waals surface area contributed by atoms with Gasteiger partial charge in [-0.05, 0) is 56.7 Å². The minimum Gasteiger partial charge on any atom is -0.482 e. The van der Waals surface area contributed by atoms with Gasteiger partial charge in [-0.3, -0.25) is 9.59 Å². The molecule has 3 aromatic carbocycles. The van der Waals surface area contributed by atoms with E-state index in [0.717, 1.165) is 0 Å². The van der Waals surface area contributed by atoms with Gasteiger partial charge < -0.3 is 9.47 Å². The number of hydrazone groups is 2. The van der Waals surface area contributed by atoms with Crippen LogP contribution >= 0.6 is 0 Å². The van der Waals surface area contributed by atoms with Crippen LogP contribution in [-0.2, 0) is 19.1 Å². The Kier molecular flexibility index (Phi) is 7.72. The van der Waals surface area contributed by atoms with Gasteiger partial charge in [0.25, 0.3) is 11.8 Å². The molecule has 0 aromatic heterocycles. The number of hydrogen-bond donors (Lipinski definition) is 0. The zero-order chi connectivity index (χ0) is 28.2. The molecule has 0 radical (unpaired) electrons. The molecule has 0 spiro atoms. The predicted molar refractivity (Wildman–Crippen MR) is 152 cm³/mol. The largest absolute Gasteiger partial charge is 0.482 e. The molecule has 0 N–H and O–H groups in total. The molecule has 2 heterocycles. The number of ether oxygens (including phenoxy) is 2. The molecule has 2 aliphatic rings. The van der Waals surface area contributed by atoms with Gasteiger partial charge in [0.15, 0.2) is 6.61 Å². The normalized spacial score (nSPS) is 19.4. The summed E-state index contributed by atoms with van der Waals surface area (Å²) >= 11 is 0. The molecule has 204 valence electrons. The van der Waals surface area contributed by atoms with E-state index in [1.54, 1.807) is 32.9 Å². The van der Waals surface area contributed by atoms with Gasteiger partial charge in [-0.15, -0.1) is 0 Å². The fourth-order valence-corrected chi connectivity index (χ4v) is 5.27. The summed E-state index contributed by atoms with van der Waals surface area (Å²) < 4.78 is 10.9. The minimum atomic E-state index is -0.776. The van der Waals surface area contributed by atoms with E-state index >= 15 is 0 Å². The SMILES string of the molecule is CCOC(=O)COc1ccccc1C(C1C(=O)N(c2ccccc2)N=C1C)C1C(=O)N(c2ccccc2)N=C1C. The Morgan fingerprint density at radius 2 is 1.25 bits per heavy atom. The van der Waals surface area contributed by atoms with Crippen LogP contribution in [0.1, 0.15) is 32.3 Å². The van der Waals surface area contributed by atoms with E-state index in [-0.39, 0.29) is 25.0 Å². The number of rotatable bonds is 9. The maximum absolute atomic E-state index is 14.0. The summed E-state index contributed by atoms with van der Waals surface area (Å²) in [6, 6.07) is 25.5. The van der Waals surface area contributed by atoms with Gasteiger partial charge in [-0.1, -0.05) is 54.6 Å². The monoisotopic (exact) mass is 538 g/mol. The first-order valence-corrected chi connectivity index (χ1v) is 13.2. The first-order chi connectivity index (χ1) is 19.4. The fourth-order valence-electron chi connectivity index (χ4n) is 5.27. The predicted octanol–water partition coefficient (Wildman–Crippen LogP) is 4.79. The maximum atomic E-state index is 14.0. The second kappa shape index (κ2) is 11.5. The number of nitrogens with zero attached hydrogens (tertiary/aromatic N) is 4. The zero-order valence-electron chi connectivity index (χ0n) is 22.6. The van der Waals surface area contributed by atoms with E-state index in [2.05, 4.69) is 10.2 Å². The summed E-state index contributed by atoms with van der Waals surface area (Å²) in [6.07, 6.45) is 0. The lowest BCUT2D eigenvalue weighted by Crippen LogP contribution is -2.40. The van der Waals surface area contributed by atoms with Crippen LogP contribution in [0.4, 0.5) is 11.4 Å². The Hall–Kier alpha value is -4.79. The van der Waals surface area contributed by atoms with E-state index in [9.17, 15) is 14.4 Å². The Balaban J connectivity index is 1.58. The third-order valence-corrected chi connectivity index (χ3v) is 7.01. The molecule has 9 nitrogen and oxygen atoms in total. The van der Waals surface area contributed by atoms with E-state index in [4.69, 9.17) is 9.47 Å². The Morgan fingerprint density at radius 3 is 1.75 bits per heavy atom. The topological polar surface area (TPSA) is 101 Å². The summed E-state index contributed by atoms with van der Waals surface area (Å²) in [5, 5.41) is 12.0. The molecule has 0 aliphatic carbocycles. The number of esters is 1. The summed E-state index contributed by atoms with van der Waals surface area (Å²) in [4.78, 5) is 40.2. The lowest BCUT2D eigenvalue weighted by atomic mass is 9.72. The van der Waals surface area contributed by atoms with Gasteiger partial charge in [-0.25, -0.2) is 14.8 Å². The average Bonchev–Trinajstić information content (AvgIpc) is 3.44. The molecular formula is C31H30N4O5. The molecule has 2 atom stereocenters. The van der Waals surface area contributed by atoms with Gasteiger partial charge in [0, 0.05) is 17.3 Å². The molecule has 0 saturated heterocycles. The van der Waals surface area contributed by atoms with Crippen molar-refractivity contribution in [2.45, 2.75) is 26.7 Å². The second-order valence-corrected chi connectivity index (χ2v) is 9.57. The highest BCUT2D eigenvalue weighted by atomic mass is 16.6. The first-order valence-electron chi connectivity index (χ1n) is 13.2. The number of anilines is 2. The average molecular weight is 539 g/mol. The van der Waals surface area contributed by atoms with Gasteiger partial charge in [0.1, 0.15) is 5.75 Å². The van der Waals surface area contributed by atoms with E-state index < -0.39 is 23.7 Å². The Labute approximate surface area is 232 Å². The van der Waals surface area contributed by atoms with E-state index in [1.807, 2.05) is 72.8 Å².